The van der Waals surface area contributed by atoms with Crippen molar-refractivity contribution in [1.29, 1.82) is 0 Å². The Hall–Kier alpha value is -1.59. The molecule has 110 valence electrons. The second-order valence-electron chi connectivity index (χ2n) is 5.17. The fourth-order valence-corrected chi connectivity index (χ4v) is 2.35. The zero-order chi connectivity index (χ0) is 14.5. The van der Waals surface area contributed by atoms with Crippen LogP contribution in [0, 0.1) is 6.92 Å². The molecule has 1 aromatic carbocycles. The highest BCUT2D eigenvalue weighted by atomic mass is 16.5. The summed E-state index contributed by atoms with van der Waals surface area (Å²) < 4.78 is 10.7. The minimum Gasteiger partial charge on any atom is -0.495 e. The predicted molar refractivity (Wildman–Crippen MR) is 78.2 cm³/mol. The van der Waals surface area contributed by atoms with Crippen molar-refractivity contribution in [2.24, 2.45) is 0 Å². The molecular weight excluding hydrogens is 256 g/mol. The Balaban J connectivity index is 1.95. The average molecular weight is 278 g/mol. The third kappa shape index (κ3) is 3.95. The van der Waals surface area contributed by atoms with E-state index in [1.165, 1.54) is 0 Å². The van der Waals surface area contributed by atoms with Gasteiger partial charge in [-0.25, -0.2) is 0 Å². The highest BCUT2D eigenvalue weighted by Crippen LogP contribution is 2.25. The number of carbonyl (C=O) groups excluding carboxylic acids is 1. The third-order valence-electron chi connectivity index (χ3n) is 3.32. The van der Waals surface area contributed by atoms with Gasteiger partial charge in [-0.3, -0.25) is 9.69 Å². The molecule has 5 nitrogen and oxygen atoms in total. The van der Waals surface area contributed by atoms with Gasteiger partial charge in [0, 0.05) is 13.1 Å². The molecule has 0 aromatic heterocycles. The number of aryl methyl sites for hydroxylation is 1. The maximum Gasteiger partial charge on any atom is 0.238 e. The number of hydrogen-bond acceptors (Lipinski definition) is 4. The lowest BCUT2D eigenvalue weighted by molar-refractivity contribution is -0.119. The van der Waals surface area contributed by atoms with Gasteiger partial charge in [-0.1, -0.05) is 6.07 Å². The molecule has 1 fully saturated rings. The van der Waals surface area contributed by atoms with E-state index in [1.54, 1.807) is 7.11 Å². The molecule has 1 saturated heterocycles. The summed E-state index contributed by atoms with van der Waals surface area (Å²) in [6.07, 6.45) is 0.185. The Labute approximate surface area is 119 Å². The molecule has 1 atom stereocenters. The number of anilines is 1. The van der Waals surface area contributed by atoms with Crippen LogP contribution in [-0.2, 0) is 9.53 Å². The molecule has 1 amide bonds. The predicted octanol–water partition coefficient (Wildman–Crippen LogP) is 1.66. The quantitative estimate of drug-likeness (QED) is 0.910. The van der Waals surface area contributed by atoms with E-state index in [2.05, 4.69) is 10.2 Å². The molecule has 1 N–H and O–H groups in total. The van der Waals surface area contributed by atoms with Crippen LogP contribution >= 0.6 is 0 Å². The van der Waals surface area contributed by atoms with Crippen LogP contribution in [0.15, 0.2) is 18.2 Å². The Morgan fingerprint density at radius 1 is 1.55 bits per heavy atom. The molecule has 0 bridgehead atoms. The van der Waals surface area contributed by atoms with Crippen molar-refractivity contribution < 1.29 is 14.3 Å². The summed E-state index contributed by atoms with van der Waals surface area (Å²) in [5, 5.41) is 2.92. The summed E-state index contributed by atoms with van der Waals surface area (Å²) in [5.41, 5.74) is 1.81. The van der Waals surface area contributed by atoms with Crippen LogP contribution in [-0.4, -0.2) is 50.3 Å². The summed E-state index contributed by atoms with van der Waals surface area (Å²) in [5.74, 6) is 0.655. The third-order valence-corrected chi connectivity index (χ3v) is 3.32. The van der Waals surface area contributed by atoms with Crippen molar-refractivity contribution in [1.82, 2.24) is 4.90 Å². The molecule has 0 saturated carbocycles. The van der Waals surface area contributed by atoms with Crippen LogP contribution < -0.4 is 10.1 Å². The maximum atomic E-state index is 12.1. The van der Waals surface area contributed by atoms with Gasteiger partial charge in [0.15, 0.2) is 0 Å². The summed E-state index contributed by atoms with van der Waals surface area (Å²) >= 11 is 0. The van der Waals surface area contributed by atoms with Gasteiger partial charge in [-0.05, 0) is 31.5 Å². The van der Waals surface area contributed by atoms with Gasteiger partial charge in [0.25, 0.3) is 0 Å². The van der Waals surface area contributed by atoms with E-state index < -0.39 is 0 Å². The fraction of sp³-hybridized carbons (Fsp3) is 0.533. The monoisotopic (exact) mass is 278 g/mol. The van der Waals surface area contributed by atoms with Gasteiger partial charge >= 0.3 is 0 Å². The SMILES string of the molecule is COc1ccc(C)cc1NC(=O)CN1CCOC(C)C1. The highest BCUT2D eigenvalue weighted by Gasteiger charge is 2.19. The first-order chi connectivity index (χ1) is 9.58. The number of amides is 1. The molecule has 1 aromatic rings. The molecular formula is C15H22N2O3. The average Bonchev–Trinajstić information content (AvgIpc) is 2.38. The van der Waals surface area contributed by atoms with Crippen molar-refractivity contribution in [3.05, 3.63) is 23.8 Å². The summed E-state index contributed by atoms with van der Waals surface area (Å²) in [4.78, 5) is 14.2. The smallest absolute Gasteiger partial charge is 0.238 e. The molecule has 1 heterocycles. The second-order valence-corrected chi connectivity index (χ2v) is 5.17. The standard InChI is InChI=1S/C15H22N2O3/c1-11-4-5-14(19-3)13(8-11)16-15(18)10-17-6-7-20-12(2)9-17/h4-5,8,12H,6-7,9-10H2,1-3H3,(H,16,18). The van der Waals surface area contributed by atoms with Crippen LogP contribution in [0.4, 0.5) is 5.69 Å². The Morgan fingerprint density at radius 3 is 3.05 bits per heavy atom. The van der Waals surface area contributed by atoms with Crippen molar-refractivity contribution in [3.8, 4) is 5.75 Å². The van der Waals surface area contributed by atoms with Gasteiger partial charge in [0.1, 0.15) is 5.75 Å². The van der Waals surface area contributed by atoms with Crippen molar-refractivity contribution in [2.75, 3.05) is 38.7 Å². The normalized spacial score (nSPS) is 19.6. The van der Waals surface area contributed by atoms with E-state index in [1.807, 2.05) is 32.0 Å². The van der Waals surface area contributed by atoms with E-state index >= 15 is 0 Å². The molecule has 0 spiro atoms. The number of nitrogens with zero attached hydrogens (tertiary/aromatic N) is 1. The first-order valence-corrected chi connectivity index (χ1v) is 6.87. The number of morpholine rings is 1. The van der Waals surface area contributed by atoms with E-state index in [0.717, 1.165) is 24.3 Å². The lowest BCUT2D eigenvalue weighted by atomic mass is 10.2. The Morgan fingerprint density at radius 2 is 2.35 bits per heavy atom. The molecule has 5 heteroatoms. The van der Waals surface area contributed by atoms with Gasteiger partial charge in [-0.15, -0.1) is 0 Å². The molecule has 20 heavy (non-hydrogen) atoms. The molecule has 0 aliphatic carbocycles. The molecule has 1 aliphatic rings. The summed E-state index contributed by atoms with van der Waals surface area (Å²) in [7, 11) is 1.60. The second kappa shape index (κ2) is 6.72. The lowest BCUT2D eigenvalue weighted by Gasteiger charge is -2.30. The number of rotatable bonds is 4. The number of methoxy groups -OCH3 is 1. The van der Waals surface area contributed by atoms with Crippen LogP contribution in [0.1, 0.15) is 12.5 Å². The number of nitrogens with one attached hydrogen (secondary N) is 1. The number of benzene rings is 1. The van der Waals surface area contributed by atoms with E-state index in [-0.39, 0.29) is 12.0 Å². The van der Waals surface area contributed by atoms with Crippen LogP contribution in [0.25, 0.3) is 0 Å². The molecule has 1 unspecified atom stereocenters. The number of carbonyl (C=O) groups is 1. The van der Waals surface area contributed by atoms with Crippen molar-refractivity contribution in [3.63, 3.8) is 0 Å². The van der Waals surface area contributed by atoms with Gasteiger partial charge in [0.2, 0.25) is 5.91 Å². The van der Waals surface area contributed by atoms with Crippen LogP contribution in [0.2, 0.25) is 0 Å². The molecule has 1 aliphatic heterocycles. The van der Waals surface area contributed by atoms with Gasteiger partial charge < -0.3 is 14.8 Å². The van der Waals surface area contributed by atoms with E-state index in [4.69, 9.17) is 9.47 Å². The number of hydrogen-bond donors (Lipinski definition) is 1. The van der Waals surface area contributed by atoms with Gasteiger partial charge in [0.05, 0.1) is 32.1 Å². The first kappa shape index (κ1) is 14.8. The number of ether oxygens (including phenoxy) is 2. The minimum atomic E-state index is -0.0250. The lowest BCUT2D eigenvalue weighted by Crippen LogP contribution is -2.44. The minimum absolute atomic E-state index is 0.0250. The Kier molecular flexibility index (Phi) is 4.98. The van der Waals surface area contributed by atoms with Crippen LogP contribution in [0.3, 0.4) is 0 Å². The topological polar surface area (TPSA) is 50.8 Å². The van der Waals surface area contributed by atoms with E-state index in [9.17, 15) is 4.79 Å². The zero-order valence-electron chi connectivity index (χ0n) is 12.3. The van der Waals surface area contributed by atoms with Gasteiger partial charge in [-0.2, -0.15) is 0 Å². The highest BCUT2D eigenvalue weighted by molar-refractivity contribution is 5.93. The fourth-order valence-electron chi connectivity index (χ4n) is 2.35. The summed E-state index contributed by atoms with van der Waals surface area (Å²) in [6.45, 7) is 6.65. The first-order valence-electron chi connectivity index (χ1n) is 6.87. The van der Waals surface area contributed by atoms with E-state index in [0.29, 0.717) is 18.9 Å². The molecule has 0 radical (unpaired) electrons. The largest absolute Gasteiger partial charge is 0.495 e. The maximum absolute atomic E-state index is 12.1. The van der Waals surface area contributed by atoms with Crippen molar-refractivity contribution >= 4 is 11.6 Å². The summed E-state index contributed by atoms with van der Waals surface area (Å²) in [6, 6.07) is 5.73. The molecule has 2 rings (SSSR count). The van der Waals surface area contributed by atoms with Crippen molar-refractivity contribution in [2.45, 2.75) is 20.0 Å². The zero-order valence-corrected chi connectivity index (χ0v) is 12.3. The Bertz CT molecular complexity index is 476. The van der Waals surface area contributed by atoms with Crippen LogP contribution in [0.5, 0.6) is 5.75 Å².